The van der Waals surface area contributed by atoms with E-state index in [0.29, 0.717) is 37.2 Å². The van der Waals surface area contributed by atoms with Crippen molar-refractivity contribution in [3.63, 3.8) is 0 Å². The Bertz CT molecular complexity index is 1340. The first-order chi connectivity index (χ1) is 14.7. The molecule has 4 rings (SSSR count). The predicted octanol–water partition coefficient (Wildman–Crippen LogP) is 7.53. The van der Waals surface area contributed by atoms with Gasteiger partial charge in [-0.2, -0.15) is 0 Å². The third-order valence-electron chi connectivity index (χ3n) is 4.69. The molecular formula is C22H13Cl2F3O3S. The standard InChI is InChI=1S/C22H13Cl2F3O3S/c1-29-31(28)19-9-3-13-11-15(24)5-7-17(13)21(19)20-16-6-4-14(23)10-12(16)2-8-18(20)30-22(25,26)27/h2-11H,1H3. The second kappa shape index (κ2) is 8.31. The minimum absolute atomic E-state index is 0.125. The summed E-state index contributed by atoms with van der Waals surface area (Å²) in [4.78, 5) is 0.201. The molecule has 0 amide bonds. The van der Waals surface area contributed by atoms with Crippen molar-refractivity contribution in [1.29, 1.82) is 0 Å². The molecular weight excluding hydrogens is 472 g/mol. The highest BCUT2D eigenvalue weighted by Gasteiger charge is 2.33. The molecule has 0 spiro atoms. The van der Waals surface area contributed by atoms with Crippen molar-refractivity contribution in [1.82, 2.24) is 0 Å². The SMILES string of the molecule is COS(=O)c1ccc2cc(Cl)ccc2c1-c1c(OC(F)(F)F)ccc2cc(Cl)ccc12. The predicted molar refractivity (Wildman–Crippen MR) is 117 cm³/mol. The van der Waals surface area contributed by atoms with Gasteiger partial charge in [0, 0.05) is 21.2 Å². The lowest BCUT2D eigenvalue weighted by atomic mass is 9.93. The highest BCUT2D eigenvalue weighted by atomic mass is 35.5. The van der Waals surface area contributed by atoms with Crippen LogP contribution in [-0.2, 0) is 15.3 Å². The average Bonchev–Trinajstić information content (AvgIpc) is 2.71. The minimum Gasteiger partial charge on any atom is -0.405 e. The van der Waals surface area contributed by atoms with E-state index in [9.17, 15) is 17.4 Å². The fourth-order valence-electron chi connectivity index (χ4n) is 3.52. The molecule has 0 N–H and O–H groups in total. The molecule has 0 saturated heterocycles. The lowest BCUT2D eigenvalue weighted by Gasteiger charge is -2.19. The van der Waals surface area contributed by atoms with Crippen LogP contribution in [0.3, 0.4) is 0 Å². The Kier molecular flexibility index (Phi) is 5.87. The zero-order valence-electron chi connectivity index (χ0n) is 15.8. The molecule has 31 heavy (non-hydrogen) atoms. The molecule has 3 nitrogen and oxygen atoms in total. The number of alkyl halides is 3. The monoisotopic (exact) mass is 484 g/mol. The van der Waals surface area contributed by atoms with Crippen molar-refractivity contribution in [2.75, 3.05) is 7.11 Å². The van der Waals surface area contributed by atoms with Gasteiger partial charge < -0.3 is 4.74 Å². The van der Waals surface area contributed by atoms with E-state index in [4.69, 9.17) is 27.4 Å². The smallest absolute Gasteiger partial charge is 0.405 e. The van der Waals surface area contributed by atoms with Crippen LogP contribution in [0.1, 0.15) is 0 Å². The molecule has 0 aliphatic heterocycles. The van der Waals surface area contributed by atoms with E-state index >= 15 is 0 Å². The summed E-state index contributed by atoms with van der Waals surface area (Å²) in [5, 5.41) is 3.12. The molecule has 0 aliphatic carbocycles. The zero-order chi connectivity index (χ0) is 22.3. The van der Waals surface area contributed by atoms with Crippen LogP contribution in [0.4, 0.5) is 13.2 Å². The van der Waals surface area contributed by atoms with E-state index in [0.717, 1.165) is 0 Å². The molecule has 1 unspecified atom stereocenters. The Hall–Kier alpha value is -2.32. The lowest BCUT2D eigenvalue weighted by molar-refractivity contribution is -0.274. The number of ether oxygens (including phenoxy) is 1. The second-order valence-corrected chi connectivity index (χ2v) is 8.67. The van der Waals surface area contributed by atoms with Crippen LogP contribution in [0.5, 0.6) is 5.75 Å². The van der Waals surface area contributed by atoms with Gasteiger partial charge >= 0.3 is 6.36 Å². The molecule has 0 aliphatic rings. The first-order valence-electron chi connectivity index (χ1n) is 8.85. The van der Waals surface area contributed by atoms with Gasteiger partial charge in [0.15, 0.2) is 11.1 Å². The van der Waals surface area contributed by atoms with Gasteiger partial charge in [-0.15, -0.1) is 13.2 Å². The Morgan fingerprint density at radius 1 is 0.806 bits per heavy atom. The number of hydrogen-bond donors (Lipinski definition) is 0. The number of fused-ring (bicyclic) bond motifs is 2. The van der Waals surface area contributed by atoms with Crippen LogP contribution in [-0.4, -0.2) is 17.7 Å². The topological polar surface area (TPSA) is 35.5 Å². The zero-order valence-corrected chi connectivity index (χ0v) is 18.1. The fourth-order valence-corrected chi connectivity index (χ4v) is 4.61. The maximum absolute atomic E-state index is 13.2. The summed E-state index contributed by atoms with van der Waals surface area (Å²) in [6, 6.07) is 15.7. The van der Waals surface area contributed by atoms with Gasteiger partial charge in [0.25, 0.3) is 0 Å². The second-order valence-electron chi connectivity index (χ2n) is 6.56. The van der Waals surface area contributed by atoms with Crippen LogP contribution >= 0.6 is 23.2 Å². The maximum Gasteiger partial charge on any atom is 0.573 e. The molecule has 4 aromatic rings. The van der Waals surface area contributed by atoms with Crippen LogP contribution in [0.25, 0.3) is 32.7 Å². The minimum atomic E-state index is -4.93. The molecule has 0 heterocycles. The highest BCUT2D eigenvalue weighted by molar-refractivity contribution is 7.80. The molecule has 0 radical (unpaired) electrons. The van der Waals surface area contributed by atoms with Crippen LogP contribution < -0.4 is 4.74 Å². The van der Waals surface area contributed by atoms with Gasteiger partial charge in [-0.25, -0.2) is 4.21 Å². The van der Waals surface area contributed by atoms with Crippen molar-refractivity contribution in [2.45, 2.75) is 11.3 Å². The third kappa shape index (κ3) is 4.36. The molecule has 1 atom stereocenters. The number of halogens is 5. The Labute approximate surface area is 187 Å². The van der Waals surface area contributed by atoms with Gasteiger partial charge in [0.2, 0.25) is 0 Å². The third-order valence-corrected chi connectivity index (χ3v) is 6.17. The number of rotatable bonds is 4. The van der Waals surface area contributed by atoms with Crippen molar-refractivity contribution < 1.29 is 26.3 Å². The maximum atomic E-state index is 13.2. The van der Waals surface area contributed by atoms with E-state index in [-0.39, 0.29) is 10.5 Å². The first kappa shape index (κ1) is 21.9. The number of benzene rings is 4. The summed E-state index contributed by atoms with van der Waals surface area (Å²) in [6.07, 6.45) is -4.93. The molecule has 0 fully saturated rings. The van der Waals surface area contributed by atoms with Crippen molar-refractivity contribution in [3.05, 3.63) is 70.7 Å². The summed E-state index contributed by atoms with van der Waals surface area (Å²) in [5.41, 5.74) is 0.418. The van der Waals surface area contributed by atoms with Gasteiger partial charge in [0.1, 0.15) is 5.75 Å². The number of hydrogen-bond acceptors (Lipinski definition) is 3. The summed E-state index contributed by atoms with van der Waals surface area (Å²) < 4.78 is 61.8. The van der Waals surface area contributed by atoms with Crippen LogP contribution in [0.2, 0.25) is 10.0 Å². The van der Waals surface area contributed by atoms with Gasteiger partial charge in [0.05, 0.1) is 12.0 Å². The first-order valence-corrected chi connectivity index (χ1v) is 10.7. The quantitative estimate of drug-likeness (QED) is 0.300. The van der Waals surface area contributed by atoms with Crippen molar-refractivity contribution >= 4 is 55.8 Å². The van der Waals surface area contributed by atoms with Gasteiger partial charge in [-0.05, 0) is 57.9 Å². The lowest BCUT2D eigenvalue weighted by Crippen LogP contribution is -2.18. The van der Waals surface area contributed by atoms with E-state index in [1.54, 1.807) is 48.5 Å². The van der Waals surface area contributed by atoms with Crippen molar-refractivity contribution in [3.8, 4) is 16.9 Å². The summed E-state index contributed by atoms with van der Waals surface area (Å²) in [5.74, 6) is -0.431. The van der Waals surface area contributed by atoms with E-state index in [2.05, 4.69) is 4.74 Å². The van der Waals surface area contributed by atoms with Crippen LogP contribution in [0, 0.1) is 0 Å². The fraction of sp³-hybridized carbons (Fsp3) is 0.0909. The molecule has 9 heteroatoms. The summed E-state index contributed by atoms with van der Waals surface area (Å²) in [6.45, 7) is 0. The van der Waals surface area contributed by atoms with Gasteiger partial charge in [-0.1, -0.05) is 47.5 Å². The molecule has 4 aromatic carbocycles. The highest BCUT2D eigenvalue weighted by Crippen LogP contribution is 2.45. The van der Waals surface area contributed by atoms with Crippen molar-refractivity contribution in [2.24, 2.45) is 0 Å². The van der Waals surface area contributed by atoms with E-state index in [1.165, 1.54) is 19.2 Å². The Morgan fingerprint density at radius 3 is 1.90 bits per heavy atom. The molecule has 0 bridgehead atoms. The summed E-state index contributed by atoms with van der Waals surface area (Å²) in [7, 11) is 1.25. The molecule has 0 aromatic heterocycles. The Balaban J connectivity index is 2.19. The normalized spacial score (nSPS) is 13.0. The van der Waals surface area contributed by atoms with E-state index in [1.807, 2.05) is 0 Å². The average molecular weight is 485 g/mol. The van der Waals surface area contributed by atoms with E-state index < -0.39 is 23.2 Å². The van der Waals surface area contributed by atoms with Crippen LogP contribution in [0.15, 0.2) is 65.6 Å². The van der Waals surface area contributed by atoms with Gasteiger partial charge in [-0.3, -0.25) is 4.18 Å². The molecule has 160 valence electrons. The largest absolute Gasteiger partial charge is 0.573 e. The summed E-state index contributed by atoms with van der Waals surface area (Å²) >= 11 is 10.3. The Morgan fingerprint density at radius 2 is 1.35 bits per heavy atom. The molecule has 0 saturated carbocycles.